The average molecular weight is 354 g/mol. The third-order valence-electron chi connectivity index (χ3n) is 4.06. The Morgan fingerprint density at radius 3 is 1.67 bits per heavy atom. The fourth-order valence-corrected chi connectivity index (χ4v) is 3.16. The lowest BCUT2D eigenvalue weighted by Gasteiger charge is -2.40. The highest BCUT2D eigenvalue weighted by Gasteiger charge is 2.44. The minimum Gasteiger partial charge on any atom is -0.347 e. The van der Waals surface area contributed by atoms with Gasteiger partial charge in [-0.3, -0.25) is 0 Å². The van der Waals surface area contributed by atoms with Crippen LogP contribution in [0.4, 0.5) is 13.2 Å². The second kappa shape index (κ2) is 11.3. The van der Waals surface area contributed by atoms with Crippen LogP contribution in [-0.2, 0) is 9.47 Å². The maximum Gasteiger partial charge on any atom is 0.389 e. The summed E-state index contributed by atoms with van der Waals surface area (Å²) in [7, 11) is 0. The first-order valence-electron chi connectivity index (χ1n) is 9.42. The second-order valence-electron chi connectivity index (χ2n) is 7.42. The van der Waals surface area contributed by atoms with E-state index in [4.69, 9.17) is 9.47 Å². The summed E-state index contributed by atoms with van der Waals surface area (Å²) in [4.78, 5) is 0. The van der Waals surface area contributed by atoms with Crippen LogP contribution < -0.4 is 0 Å². The molecule has 5 heteroatoms. The molecule has 1 atom stereocenters. The average Bonchev–Trinajstić information content (AvgIpc) is 2.38. The topological polar surface area (TPSA) is 18.5 Å². The minimum atomic E-state index is -4.21. The number of hydrogen-bond acceptors (Lipinski definition) is 2. The molecular weight excluding hydrogens is 317 g/mol. The minimum absolute atomic E-state index is 0.186. The Morgan fingerprint density at radius 1 is 0.792 bits per heavy atom. The molecule has 0 aromatic rings. The zero-order chi connectivity index (χ0) is 18.8. The first-order chi connectivity index (χ1) is 11.0. The summed E-state index contributed by atoms with van der Waals surface area (Å²) in [5.41, 5.74) is 0. The first-order valence-corrected chi connectivity index (χ1v) is 9.42. The predicted octanol–water partition coefficient (Wildman–Crippen LogP) is 6.87. The Morgan fingerprint density at radius 2 is 1.25 bits per heavy atom. The first kappa shape index (κ1) is 23.7. The van der Waals surface area contributed by atoms with Crippen LogP contribution in [-0.4, -0.2) is 24.2 Å². The highest BCUT2D eigenvalue weighted by Crippen LogP contribution is 2.38. The summed E-state index contributed by atoms with van der Waals surface area (Å²) in [5.74, 6) is -1.89. The molecule has 0 spiro atoms. The van der Waals surface area contributed by atoms with Crippen LogP contribution in [0, 0.1) is 5.92 Å². The summed E-state index contributed by atoms with van der Waals surface area (Å²) >= 11 is 0. The third kappa shape index (κ3) is 11.3. The van der Waals surface area contributed by atoms with Gasteiger partial charge in [0.05, 0.1) is 18.6 Å². The molecule has 0 radical (unpaired) electrons. The second-order valence-corrected chi connectivity index (χ2v) is 7.42. The number of rotatable bonds is 13. The number of unbranched alkanes of at least 4 members (excludes halogenated alkanes) is 5. The lowest BCUT2D eigenvalue weighted by Crippen LogP contribution is -2.46. The summed E-state index contributed by atoms with van der Waals surface area (Å²) in [5, 5.41) is 0. The zero-order valence-corrected chi connectivity index (χ0v) is 16.3. The van der Waals surface area contributed by atoms with Gasteiger partial charge >= 0.3 is 6.18 Å². The molecule has 0 saturated heterocycles. The zero-order valence-electron chi connectivity index (χ0n) is 16.3. The molecule has 0 rings (SSSR count). The van der Waals surface area contributed by atoms with Crippen molar-refractivity contribution >= 4 is 0 Å². The Bertz CT molecular complexity index is 304. The van der Waals surface area contributed by atoms with Gasteiger partial charge in [0.1, 0.15) is 0 Å². The number of alkyl halides is 3. The molecule has 0 aliphatic rings. The van der Waals surface area contributed by atoms with Crippen LogP contribution in [0.25, 0.3) is 0 Å². The number of halogens is 3. The van der Waals surface area contributed by atoms with Gasteiger partial charge in [-0.05, 0) is 41.0 Å². The molecule has 0 aromatic carbocycles. The third-order valence-corrected chi connectivity index (χ3v) is 4.06. The molecule has 0 bridgehead atoms. The van der Waals surface area contributed by atoms with E-state index in [9.17, 15) is 13.2 Å². The van der Waals surface area contributed by atoms with Gasteiger partial charge in [-0.1, -0.05) is 45.4 Å². The molecule has 0 saturated carbocycles. The van der Waals surface area contributed by atoms with Crippen LogP contribution in [0.3, 0.4) is 0 Å². The van der Waals surface area contributed by atoms with Crippen LogP contribution in [0.15, 0.2) is 0 Å². The Hall–Kier alpha value is -0.290. The highest BCUT2D eigenvalue weighted by molar-refractivity contribution is 4.80. The maximum atomic E-state index is 13.1. The summed E-state index contributed by atoms with van der Waals surface area (Å²) < 4.78 is 50.9. The van der Waals surface area contributed by atoms with Gasteiger partial charge in [0, 0.05) is 5.92 Å². The van der Waals surface area contributed by atoms with Gasteiger partial charge in [0.15, 0.2) is 5.79 Å². The van der Waals surface area contributed by atoms with Gasteiger partial charge < -0.3 is 9.47 Å². The molecule has 0 fully saturated rings. The maximum absolute atomic E-state index is 13.1. The summed E-state index contributed by atoms with van der Waals surface area (Å²) in [6.45, 7) is 11.1. The van der Waals surface area contributed by atoms with E-state index in [1.54, 1.807) is 6.92 Å². The smallest absolute Gasteiger partial charge is 0.347 e. The Labute approximate surface area is 146 Å². The van der Waals surface area contributed by atoms with Crippen molar-refractivity contribution in [2.75, 3.05) is 0 Å². The van der Waals surface area contributed by atoms with Crippen molar-refractivity contribution in [3.63, 3.8) is 0 Å². The highest BCUT2D eigenvalue weighted by atomic mass is 19.4. The molecule has 0 aliphatic carbocycles. The molecule has 146 valence electrons. The summed E-state index contributed by atoms with van der Waals surface area (Å²) in [6, 6.07) is 0. The van der Waals surface area contributed by atoms with Crippen molar-refractivity contribution in [1.82, 2.24) is 0 Å². The van der Waals surface area contributed by atoms with Crippen LogP contribution in [0.5, 0.6) is 0 Å². The van der Waals surface area contributed by atoms with E-state index < -0.39 is 24.3 Å². The molecule has 0 heterocycles. The molecule has 0 aromatic heterocycles. The van der Waals surface area contributed by atoms with Crippen molar-refractivity contribution in [1.29, 1.82) is 0 Å². The SMILES string of the molecule is CCCCCCCCC(CC(F)(F)F)C(C)(OC(C)C)OC(C)C. The lowest BCUT2D eigenvalue weighted by molar-refractivity contribution is -0.300. The molecule has 24 heavy (non-hydrogen) atoms. The van der Waals surface area contributed by atoms with Crippen molar-refractivity contribution < 1.29 is 22.6 Å². The quantitative estimate of drug-likeness (QED) is 0.265. The van der Waals surface area contributed by atoms with Gasteiger partial charge in [0.2, 0.25) is 0 Å². The largest absolute Gasteiger partial charge is 0.389 e. The van der Waals surface area contributed by atoms with Gasteiger partial charge in [-0.15, -0.1) is 0 Å². The molecular formula is C19H37F3O2. The van der Waals surface area contributed by atoms with E-state index in [1.807, 2.05) is 27.7 Å². The van der Waals surface area contributed by atoms with E-state index in [-0.39, 0.29) is 12.2 Å². The molecule has 0 aliphatic heterocycles. The van der Waals surface area contributed by atoms with Crippen molar-refractivity contribution in [3.8, 4) is 0 Å². The Kier molecular flexibility index (Phi) is 11.2. The van der Waals surface area contributed by atoms with E-state index in [0.717, 1.165) is 25.7 Å². The van der Waals surface area contributed by atoms with Crippen LogP contribution in [0.1, 0.15) is 92.9 Å². The van der Waals surface area contributed by atoms with Gasteiger partial charge in [-0.25, -0.2) is 0 Å². The van der Waals surface area contributed by atoms with Crippen LogP contribution >= 0.6 is 0 Å². The Balaban J connectivity index is 4.90. The van der Waals surface area contributed by atoms with Crippen molar-refractivity contribution in [2.45, 2.75) is 117 Å². The fraction of sp³-hybridized carbons (Fsp3) is 1.00. The van der Waals surface area contributed by atoms with E-state index >= 15 is 0 Å². The van der Waals surface area contributed by atoms with E-state index in [0.29, 0.717) is 6.42 Å². The predicted molar refractivity (Wildman–Crippen MR) is 93.0 cm³/mol. The van der Waals surface area contributed by atoms with E-state index in [1.165, 1.54) is 12.8 Å². The van der Waals surface area contributed by atoms with Crippen molar-refractivity contribution in [3.05, 3.63) is 0 Å². The molecule has 2 nitrogen and oxygen atoms in total. The fourth-order valence-electron chi connectivity index (χ4n) is 3.16. The normalized spacial score (nSPS) is 14.6. The molecule has 0 amide bonds. The molecule has 0 N–H and O–H groups in total. The summed E-state index contributed by atoms with van der Waals surface area (Å²) in [6.07, 6.45) is 1.37. The lowest BCUT2D eigenvalue weighted by atomic mass is 9.89. The number of hydrogen-bond donors (Lipinski definition) is 0. The molecule has 1 unspecified atom stereocenters. The standard InChI is InChI=1S/C19H37F3O2/c1-7-8-9-10-11-12-13-17(14-19(20,21)22)18(6,23-15(2)3)24-16(4)5/h15-17H,7-14H2,1-6H3. The number of ether oxygens (including phenoxy) is 2. The van der Waals surface area contributed by atoms with Crippen LogP contribution in [0.2, 0.25) is 0 Å². The van der Waals surface area contributed by atoms with Gasteiger partial charge in [0.25, 0.3) is 0 Å². The van der Waals surface area contributed by atoms with E-state index in [2.05, 4.69) is 6.92 Å². The van der Waals surface area contributed by atoms with Crippen molar-refractivity contribution in [2.24, 2.45) is 5.92 Å². The monoisotopic (exact) mass is 354 g/mol. The van der Waals surface area contributed by atoms with Gasteiger partial charge in [-0.2, -0.15) is 13.2 Å².